The molecule has 0 aliphatic heterocycles. The Labute approximate surface area is 171 Å². The number of amides is 1. The van der Waals surface area contributed by atoms with E-state index < -0.39 is 0 Å². The van der Waals surface area contributed by atoms with Gasteiger partial charge in [0.05, 0.1) is 18.4 Å². The van der Waals surface area contributed by atoms with Gasteiger partial charge >= 0.3 is 5.97 Å². The zero-order valence-electron chi connectivity index (χ0n) is 17.2. The van der Waals surface area contributed by atoms with Gasteiger partial charge in [0.1, 0.15) is 11.9 Å². The predicted octanol–water partition coefficient (Wildman–Crippen LogP) is 4.82. The highest BCUT2D eigenvalue weighted by Gasteiger charge is 2.20. The molecule has 1 atom stereocenters. The molecule has 0 aliphatic carbocycles. The third-order valence-electron chi connectivity index (χ3n) is 4.17. The number of hydrogen-bond acceptors (Lipinski definition) is 5. The molecule has 1 aromatic heterocycles. The van der Waals surface area contributed by atoms with E-state index in [0.29, 0.717) is 10.8 Å². The maximum Gasteiger partial charge on any atom is 0.307 e. The Morgan fingerprint density at radius 1 is 1.11 bits per heavy atom. The SMILES string of the molecule is COC(=O)CCNC(=O)c1ccc(C(CC(C)C)Oc2cc(C)cc(C)c2)s1. The van der Waals surface area contributed by atoms with Crippen molar-refractivity contribution in [2.45, 2.75) is 46.6 Å². The number of nitrogens with one attached hydrogen (secondary N) is 1. The molecule has 0 aliphatic rings. The van der Waals surface area contributed by atoms with E-state index in [-0.39, 0.29) is 30.9 Å². The fourth-order valence-electron chi connectivity index (χ4n) is 2.93. The summed E-state index contributed by atoms with van der Waals surface area (Å²) >= 11 is 1.43. The number of hydrogen-bond donors (Lipinski definition) is 1. The van der Waals surface area contributed by atoms with Gasteiger partial charge in [-0.25, -0.2) is 0 Å². The zero-order chi connectivity index (χ0) is 20.7. The predicted molar refractivity (Wildman–Crippen MR) is 112 cm³/mol. The van der Waals surface area contributed by atoms with Crippen molar-refractivity contribution in [1.29, 1.82) is 0 Å². The van der Waals surface area contributed by atoms with E-state index in [1.165, 1.54) is 18.4 Å². The summed E-state index contributed by atoms with van der Waals surface area (Å²) in [5.41, 5.74) is 2.32. The molecule has 0 spiro atoms. The largest absolute Gasteiger partial charge is 0.485 e. The Balaban J connectivity index is 2.10. The molecule has 5 nitrogen and oxygen atoms in total. The first-order valence-corrected chi connectivity index (χ1v) is 10.3. The Bertz CT molecular complexity index is 792. The highest BCUT2D eigenvalue weighted by molar-refractivity contribution is 7.14. The first-order chi connectivity index (χ1) is 13.3. The second-order valence-electron chi connectivity index (χ2n) is 7.34. The summed E-state index contributed by atoms with van der Waals surface area (Å²) in [5, 5.41) is 2.75. The van der Waals surface area contributed by atoms with Crippen LogP contribution in [0.2, 0.25) is 0 Å². The molecule has 28 heavy (non-hydrogen) atoms. The van der Waals surface area contributed by atoms with Crippen LogP contribution in [-0.4, -0.2) is 25.5 Å². The fraction of sp³-hybridized carbons (Fsp3) is 0.455. The van der Waals surface area contributed by atoms with Crippen LogP contribution in [0.4, 0.5) is 0 Å². The van der Waals surface area contributed by atoms with Gasteiger partial charge in [0.25, 0.3) is 5.91 Å². The second-order valence-corrected chi connectivity index (χ2v) is 8.46. The Kier molecular flexibility index (Phi) is 8.05. The minimum Gasteiger partial charge on any atom is -0.485 e. The molecule has 2 rings (SSSR count). The molecule has 1 N–H and O–H groups in total. The molecule has 1 amide bonds. The first kappa shape index (κ1) is 22.0. The summed E-state index contributed by atoms with van der Waals surface area (Å²) in [6.07, 6.45) is 0.909. The van der Waals surface area contributed by atoms with E-state index in [1.54, 1.807) is 0 Å². The average molecular weight is 404 g/mol. The van der Waals surface area contributed by atoms with Crippen LogP contribution in [0.15, 0.2) is 30.3 Å². The summed E-state index contributed by atoms with van der Waals surface area (Å²) in [6.45, 7) is 8.68. The molecule has 1 aromatic carbocycles. The van der Waals surface area contributed by atoms with E-state index in [9.17, 15) is 9.59 Å². The highest BCUT2D eigenvalue weighted by Crippen LogP contribution is 2.33. The van der Waals surface area contributed by atoms with Crippen molar-refractivity contribution in [1.82, 2.24) is 5.32 Å². The van der Waals surface area contributed by atoms with Gasteiger partial charge in [-0.3, -0.25) is 9.59 Å². The Hall–Kier alpha value is -2.34. The van der Waals surface area contributed by atoms with Crippen LogP contribution in [-0.2, 0) is 9.53 Å². The van der Waals surface area contributed by atoms with Crippen LogP contribution in [0.3, 0.4) is 0 Å². The molecule has 6 heteroatoms. The van der Waals surface area contributed by atoms with Crippen LogP contribution in [0, 0.1) is 19.8 Å². The van der Waals surface area contributed by atoms with Crippen molar-refractivity contribution in [2.24, 2.45) is 5.92 Å². The lowest BCUT2D eigenvalue weighted by atomic mass is 10.0. The van der Waals surface area contributed by atoms with Crippen LogP contribution in [0.1, 0.15) is 58.5 Å². The molecule has 1 unspecified atom stereocenters. The van der Waals surface area contributed by atoms with Gasteiger partial charge in [0.15, 0.2) is 0 Å². The number of carbonyl (C=O) groups is 2. The van der Waals surface area contributed by atoms with Gasteiger partial charge in [-0.2, -0.15) is 0 Å². The molecule has 0 saturated carbocycles. The van der Waals surface area contributed by atoms with E-state index in [2.05, 4.69) is 43.8 Å². The van der Waals surface area contributed by atoms with Crippen LogP contribution < -0.4 is 10.1 Å². The summed E-state index contributed by atoms with van der Waals surface area (Å²) in [4.78, 5) is 25.1. The van der Waals surface area contributed by atoms with Gasteiger partial charge in [0.2, 0.25) is 0 Å². The van der Waals surface area contributed by atoms with Crippen LogP contribution in [0.5, 0.6) is 5.75 Å². The summed E-state index contributed by atoms with van der Waals surface area (Å²) in [6, 6.07) is 9.95. The van der Waals surface area contributed by atoms with Crippen molar-refractivity contribution >= 4 is 23.2 Å². The highest BCUT2D eigenvalue weighted by atomic mass is 32.1. The number of thiophene rings is 1. The quantitative estimate of drug-likeness (QED) is 0.610. The molecule has 152 valence electrons. The third-order valence-corrected chi connectivity index (χ3v) is 5.35. The molecule has 0 fully saturated rings. The molecule has 1 heterocycles. The van der Waals surface area contributed by atoms with Crippen LogP contribution >= 0.6 is 11.3 Å². The zero-order valence-corrected chi connectivity index (χ0v) is 18.0. The second kappa shape index (κ2) is 10.3. The van der Waals surface area contributed by atoms with Gasteiger partial charge in [0, 0.05) is 11.4 Å². The van der Waals surface area contributed by atoms with E-state index in [1.807, 2.05) is 24.3 Å². The standard InChI is InChI=1S/C22H29NO4S/c1-14(2)10-18(27-17-12-15(3)11-16(4)13-17)19-6-7-20(28-19)22(25)23-9-8-21(24)26-5/h6-7,11-14,18H,8-10H2,1-5H3,(H,23,25). The number of carbonyl (C=O) groups excluding carboxylic acids is 2. The lowest BCUT2D eigenvalue weighted by Gasteiger charge is -2.20. The third kappa shape index (κ3) is 6.68. The van der Waals surface area contributed by atoms with Crippen molar-refractivity contribution in [3.05, 3.63) is 51.2 Å². The number of rotatable bonds is 9. The molecular formula is C22H29NO4S. The van der Waals surface area contributed by atoms with Gasteiger partial charge < -0.3 is 14.8 Å². The number of benzene rings is 1. The Morgan fingerprint density at radius 2 is 1.79 bits per heavy atom. The van der Waals surface area contributed by atoms with Gasteiger partial charge in [-0.1, -0.05) is 19.9 Å². The first-order valence-electron chi connectivity index (χ1n) is 9.48. The normalized spacial score (nSPS) is 11.9. The molecule has 0 radical (unpaired) electrons. The monoisotopic (exact) mass is 403 g/mol. The number of aryl methyl sites for hydroxylation is 2. The Morgan fingerprint density at radius 3 is 2.39 bits per heavy atom. The van der Waals surface area contributed by atoms with E-state index in [0.717, 1.165) is 28.2 Å². The molecule has 0 saturated heterocycles. The lowest BCUT2D eigenvalue weighted by Crippen LogP contribution is -2.25. The van der Waals surface area contributed by atoms with Gasteiger partial charge in [-0.05, 0) is 61.6 Å². The van der Waals surface area contributed by atoms with Crippen molar-refractivity contribution in [3.8, 4) is 5.75 Å². The maximum atomic E-state index is 12.3. The average Bonchev–Trinajstić information content (AvgIpc) is 3.09. The van der Waals surface area contributed by atoms with Crippen LogP contribution in [0.25, 0.3) is 0 Å². The number of esters is 1. The topological polar surface area (TPSA) is 64.6 Å². The van der Waals surface area contributed by atoms with Crippen molar-refractivity contribution in [2.75, 3.05) is 13.7 Å². The summed E-state index contributed by atoms with van der Waals surface area (Å²) < 4.78 is 10.9. The van der Waals surface area contributed by atoms with Crippen molar-refractivity contribution < 1.29 is 19.1 Å². The van der Waals surface area contributed by atoms with E-state index in [4.69, 9.17) is 4.74 Å². The lowest BCUT2D eigenvalue weighted by molar-refractivity contribution is -0.140. The number of methoxy groups -OCH3 is 1. The van der Waals surface area contributed by atoms with Crippen molar-refractivity contribution in [3.63, 3.8) is 0 Å². The summed E-state index contributed by atoms with van der Waals surface area (Å²) in [7, 11) is 1.33. The van der Waals surface area contributed by atoms with Gasteiger partial charge in [-0.15, -0.1) is 11.3 Å². The molecule has 2 aromatic rings. The minimum absolute atomic E-state index is 0.109. The maximum absolute atomic E-state index is 12.3. The van der Waals surface area contributed by atoms with E-state index >= 15 is 0 Å². The number of ether oxygens (including phenoxy) is 2. The molecule has 0 bridgehead atoms. The minimum atomic E-state index is -0.342. The molecular weight excluding hydrogens is 374 g/mol. The summed E-state index contributed by atoms with van der Waals surface area (Å²) in [5.74, 6) is 0.775. The fourth-order valence-corrected chi connectivity index (χ4v) is 3.90. The smallest absolute Gasteiger partial charge is 0.307 e.